The SMILES string of the molecule is O=C(c1cc[nH]c1)C(F)(F)C(F)(F)F. The number of ketones is 1. The minimum atomic E-state index is -5.86. The molecule has 0 unspecified atom stereocenters. The average Bonchev–Trinajstić information content (AvgIpc) is 2.52. The molecule has 1 N–H and O–H groups in total. The van der Waals surface area contributed by atoms with E-state index in [2.05, 4.69) is 4.98 Å². The Kier molecular flexibility index (Phi) is 2.34. The zero-order valence-corrected chi connectivity index (χ0v) is 6.53. The molecule has 0 aromatic carbocycles. The number of halogens is 5. The summed E-state index contributed by atoms with van der Waals surface area (Å²) in [5.41, 5.74) is -0.702. The van der Waals surface area contributed by atoms with E-state index in [-0.39, 0.29) is 0 Å². The lowest BCUT2D eigenvalue weighted by molar-refractivity contribution is -0.255. The fourth-order valence-electron chi connectivity index (χ4n) is 0.775. The maximum absolute atomic E-state index is 12.4. The van der Waals surface area contributed by atoms with Crippen molar-refractivity contribution in [1.82, 2.24) is 4.98 Å². The molecule has 1 aromatic heterocycles. The van der Waals surface area contributed by atoms with Gasteiger partial charge in [-0.05, 0) is 6.07 Å². The van der Waals surface area contributed by atoms with Crippen molar-refractivity contribution in [3.63, 3.8) is 0 Å². The molecule has 1 aromatic rings. The summed E-state index contributed by atoms with van der Waals surface area (Å²) in [6.45, 7) is 0. The summed E-state index contributed by atoms with van der Waals surface area (Å²) in [5, 5.41) is 0. The van der Waals surface area contributed by atoms with Crippen molar-refractivity contribution in [2.75, 3.05) is 0 Å². The van der Waals surface area contributed by atoms with Gasteiger partial charge in [-0.15, -0.1) is 0 Å². The van der Waals surface area contributed by atoms with Crippen LogP contribution in [-0.4, -0.2) is 22.9 Å². The van der Waals surface area contributed by atoms with E-state index in [9.17, 15) is 26.7 Å². The molecule has 2 nitrogen and oxygen atoms in total. The molecule has 1 rings (SSSR count). The Balaban J connectivity index is 3.01. The van der Waals surface area contributed by atoms with Gasteiger partial charge in [-0.1, -0.05) is 0 Å². The maximum Gasteiger partial charge on any atom is 0.461 e. The quantitative estimate of drug-likeness (QED) is 0.593. The lowest BCUT2D eigenvalue weighted by Gasteiger charge is -2.17. The van der Waals surface area contributed by atoms with Gasteiger partial charge in [0.15, 0.2) is 0 Å². The minimum Gasteiger partial charge on any atom is -0.367 e. The van der Waals surface area contributed by atoms with Crippen molar-refractivity contribution in [1.29, 1.82) is 0 Å². The number of carbonyl (C=O) groups excluding carboxylic acids is 1. The van der Waals surface area contributed by atoms with Gasteiger partial charge < -0.3 is 4.98 Å². The summed E-state index contributed by atoms with van der Waals surface area (Å²) in [6, 6.07) is 0.849. The van der Waals surface area contributed by atoms with Gasteiger partial charge in [-0.3, -0.25) is 4.79 Å². The topological polar surface area (TPSA) is 32.9 Å². The monoisotopic (exact) mass is 213 g/mol. The van der Waals surface area contributed by atoms with Crippen LogP contribution in [0.1, 0.15) is 10.4 Å². The number of hydrogen-bond donors (Lipinski definition) is 1. The molecule has 0 aliphatic heterocycles. The molecule has 0 fully saturated rings. The molecule has 0 amide bonds. The summed E-state index contributed by atoms with van der Waals surface area (Å²) >= 11 is 0. The smallest absolute Gasteiger partial charge is 0.367 e. The highest BCUT2D eigenvalue weighted by molar-refractivity contribution is 6.01. The van der Waals surface area contributed by atoms with Crippen LogP contribution < -0.4 is 0 Å². The predicted octanol–water partition coefficient (Wildman–Crippen LogP) is 2.39. The van der Waals surface area contributed by atoms with Crippen LogP contribution in [0.15, 0.2) is 18.5 Å². The third-order valence-electron chi connectivity index (χ3n) is 1.50. The van der Waals surface area contributed by atoms with Crippen LogP contribution in [0.4, 0.5) is 22.0 Å². The van der Waals surface area contributed by atoms with E-state index >= 15 is 0 Å². The molecule has 0 aliphatic rings. The molecule has 0 atom stereocenters. The molecule has 0 radical (unpaired) electrons. The van der Waals surface area contributed by atoms with Crippen molar-refractivity contribution in [2.24, 2.45) is 0 Å². The molecule has 0 aliphatic carbocycles. The predicted molar refractivity (Wildman–Crippen MR) is 36.1 cm³/mol. The highest BCUT2D eigenvalue weighted by Crippen LogP contribution is 2.37. The van der Waals surface area contributed by atoms with E-state index in [1.54, 1.807) is 0 Å². The van der Waals surface area contributed by atoms with Gasteiger partial charge in [0, 0.05) is 18.0 Å². The third kappa shape index (κ3) is 1.61. The Morgan fingerprint density at radius 1 is 1.21 bits per heavy atom. The minimum absolute atomic E-state index is 0.702. The molecular formula is C7H4F5NO. The van der Waals surface area contributed by atoms with Crippen LogP contribution in [0.2, 0.25) is 0 Å². The highest BCUT2D eigenvalue weighted by atomic mass is 19.4. The number of hydrogen-bond acceptors (Lipinski definition) is 1. The zero-order valence-electron chi connectivity index (χ0n) is 6.53. The second-order valence-corrected chi connectivity index (χ2v) is 2.50. The zero-order chi connectivity index (χ0) is 11.0. The first-order chi connectivity index (χ1) is 6.27. The summed E-state index contributed by atoms with van der Waals surface area (Å²) in [7, 11) is 0. The second kappa shape index (κ2) is 3.07. The van der Waals surface area contributed by atoms with Crippen molar-refractivity contribution in [3.8, 4) is 0 Å². The number of H-pyrrole nitrogens is 1. The van der Waals surface area contributed by atoms with E-state index in [1.807, 2.05) is 0 Å². The molecule has 0 bridgehead atoms. The Morgan fingerprint density at radius 2 is 1.79 bits per heavy atom. The van der Waals surface area contributed by atoms with Crippen molar-refractivity contribution >= 4 is 5.78 Å². The molecule has 1 heterocycles. The number of aromatic nitrogens is 1. The Morgan fingerprint density at radius 3 is 2.14 bits per heavy atom. The number of alkyl halides is 5. The Bertz CT molecular complexity index is 326. The fourth-order valence-corrected chi connectivity index (χ4v) is 0.775. The number of nitrogens with one attached hydrogen (secondary N) is 1. The van der Waals surface area contributed by atoms with Gasteiger partial charge in [0.1, 0.15) is 0 Å². The average molecular weight is 213 g/mol. The maximum atomic E-state index is 12.4. The first kappa shape index (κ1) is 10.7. The first-order valence-electron chi connectivity index (χ1n) is 3.39. The number of rotatable bonds is 2. The summed E-state index contributed by atoms with van der Waals surface area (Å²) in [5.74, 6) is -7.60. The first-order valence-corrected chi connectivity index (χ1v) is 3.39. The second-order valence-electron chi connectivity index (χ2n) is 2.50. The third-order valence-corrected chi connectivity index (χ3v) is 1.50. The Labute approximate surface area is 74.7 Å². The molecule has 0 saturated heterocycles. The summed E-state index contributed by atoms with van der Waals surface area (Å²) < 4.78 is 59.9. The van der Waals surface area contributed by atoms with Crippen LogP contribution in [0.3, 0.4) is 0 Å². The number of carbonyl (C=O) groups is 1. The van der Waals surface area contributed by atoms with Crippen LogP contribution in [-0.2, 0) is 0 Å². The van der Waals surface area contributed by atoms with E-state index < -0.39 is 23.4 Å². The standard InChI is InChI=1S/C7H4F5NO/c8-6(9,7(10,11)12)5(14)4-1-2-13-3-4/h1-3,13H. The van der Waals surface area contributed by atoms with Gasteiger partial charge in [-0.2, -0.15) is 22.0 Å². The molecular weight excluding hydrogens is 209 g/mol. The van der Waals surface area contributed by atoms with Crippen LogP contribution in [0.25, 0.3) is 0 Å². The van der Waals surface area contributed by atoms with Crippen molar-refractivity contribution in [3.05, 3.63) is 24.0 Å². The van der Waals surface area contributed by atoms with E-state index in [1.165, 1.54) is 0 Å². The molecule has 14 heavy (non-hydrogen) atoms. The van der Waals surface area contributed by atoms with Gasteiger partial charge in [0.05, 0.1) is 0 Å². The molecule has 0 saturated carbocycles. The number of aromatic amines is 1. The number of Topliss-reactive ketones (excluding diaryl/α,β-unsaturated/α-hetero) is 1. The van der Waals surface area contributed by atoms with Crippen molar-refractivity contribution in [2.45, 2.75) is 12.1 Å². The lowest BCUT2D eigenvalue weighted by Crippen LogP contribution is -2.43. The van der Waals surface area contributed by atoms with E-state index in [4.69, 9.17) is 0 Å². The van der Waals surface area contributed by atoms with Crippen LogP contribution in [0, 0.1) is 0 Å². The van der Waals surface area contributed by atoms with Gasteiger partial charge in [0.2, 0.25) is 5.78 Å². The highest BCUT2D eigenvalue weighted by Gasteiger charge is 2.63. The van der Waals surface area contributed by atoms with Crippen LogP contribution in [0.5, 0.6) is 0 Å². The molecule has 0 spiro atoms. The molecule has 78 valence electrons. The summed E-state index contributed by atoms with van der Waals surface area (Å²) in [6.07, 6.45) is -4.00. The summed E-state index contributed by atoms with van der Waals surface area (Å²) in [4.78, 5) is 12.9. The van der Waals surface area contributed by atoms with Gasteiger partial charge in [-0.25, -0.2) is 0 Å². The lowest BCUT2D eigenvalue weighted by atomic mass is 10.1. The van der Waals surface area contributed by atoms with Crippen molar-refractivity contribution < 1.29 is 26.7 Å². The van der Waals surface area contributed by atoms with E-state index in [0.29, 0.717) is 0 Å². The largest absolute Gasteiger partial charge is 0.461 e. The van der Waals surface area contributed by atoms with Crippen LogP contribution >= 0.6 is 0 Å². The Hall–Kier alpha value is -1.40. The normalized spacial score (nSPS) is 12.9. The van der Waals surface area contributed by atoms with Gasteiger partial charge >= 0.3 is 12.1 Å². The van der Waals surface area contributed by atoms with Gasteiger partial charge in [0.25, 0.3) is 0 Å². The molecule has 7 heteroatoms. The fraction of sp³-hybridized carbons (Fsp3) is 0.286. The van der Waals surface area contributed by atoms with E-state index in [0.717, 1.165) is 18.5 Å².